The van der Waals surface area contributed by atoms with Crippen LogP contribution in [0.4, 0.5) is 0 Å². The van der Waals surface area contributed by atoms with Gasteiger partial charge in [-0.25, -0.2) is 0 Å². The third-order valence-electron chi connectivity index (χ3n) is 5.22. The maximum absolute atomic E-state index is 11.0. The zero-order chi connectivity index (χ0) is 12.8. The molecule has 2 N–H and O–H groups in total. The molecule has 4 atom stereocenters. The van der Waals surface area contributed by atoms with Crippen LogP contribution in [0.15, 0.2) is 12.2 Å². The molecule has 98 valence electrons. The molecular formula is C15H26O2. The lowest BCUT2D eigenvalue weighted by molar-refractivity contribution is -0.0725. The molecule has 2 nitrogen and oxygen atoms in total. The normalized spacial score (nSPS) is 43.4. The van der Waals surface area contributed by atoms with Crippen LogP contribution in [0.2, 0.25) is 0 Å². The molecule has 2 rings (SSSR count). The summed E-state index contributed by atoms with van der Waals surface area (Å²) in [5.41, 5.74) is -0.130. The molecule has 0 saturated heterocycles. The van der Waals surface area contributed by atoms with E-state index in [0.717, 1.165) is 32.1 Å². The van der Waals surface area contributed by atoms with Crippen LogP contribution in [-0.2, 0) is 0 Å². The molecular weight excluding hydrogens is 212 g/mol. The predicted octanol–water partition coefficient (Wildman–Crippen LogP) is 2.89. The Labute approximate surface area is 105 Å². The third-order valence-corrected chi connectivity index (χ3v) is 5.22. The fourth-order valence-corrected chi connectivity index (χ4v) is 3.79. The summed E-state index contributed by atoms with van der Waals surface area (Å²) in [6.45, 7) is 10.0. The summed E-state index contributed by atoms with van der Waals surface area (Å²) >= 11 is 0. The molecule has 2 aliphatic rings. The van der Waals surface area contributed by atoms with E-state index in [4.69, 9.17) is 0 Å². The van der Waals surface area contributed by atoms with E-state index >= 15 is 0 Å². The van der Waals surface area contributed by atoms with Gasteiger partial charge in [0.25, 0.3) is 0 Å². The maximum atomic E-state index is 11.0. The quantitative estimate of drug-likeness (QED) is 0.690. The maximum Gasteiger partial charge on any atom is 0.0741 e. The molecule has 2 fully saturated rings. The minimum Gasteiger partial charge on any atom is -0.390 e. The summed E-state index contributed by atoms with van der Waals surface area (Å²) in [7, 11) is 0. The van der Waals surface area contributed by atoms with Crippen molar-refractivity contribution < 1.29 is 10.2 Å². The van der Waals surface area contributed by atoms with E-state index in [2.05, 4.69) is 13.5 Å². The highest BCUT2D eigenvalue weighted by Gasteiger charge is 2.51. The Morgan fingerprint density at radius 3 is 2.53 bits per heavy atom. The highest BCUT2D eigenvalue weighted by atomic mass is 16.3. The van der Waals surface area contributed by atoms with E-state index in [-0.39, 0.29) is 11.8 Å². The first kappa shape index (κ1) is 13.1. The molecule has 2 aliphatic carbocycles. The van der Waals surface area contributed by atoms with Crippen molar-refractivity contribution in [3.8, 4) is 0 Å². The standard InChI is InChI=1S/C15H26O2/c1-10-5-7-12(14(3,4)16)9-15(17)11(2)6-8-13(10)15/h11-13,16-17H,1,5-9H2,2-4H3/t11-,12-,13-,15+/m1/s1. The highest BCUT2D eigenvalue weighted by Crippen LogP contribution is 2.52. The van der Waals surface area contributed by atoms with Crippen LogP contribution < -0.4 is 0 Å². The Hall–Kier alpha value is -0.340. The van der Waals surface area contributed by atoms with E-state index in [1.54, 1.807) is 0 Å². The van der Waals surface area contributed by atoms with Crippen LogP contribution in [0.1, 0.15) is 52.9 Å². The zero-order valence-electron chi connectivity index (χ0n) is 11.4. The predicted molar refractivity (Wildman–Crippen MR) is 69.6 cm³/mol. The van der Waals surface area contributed by atoms with Crippen molar-refractivity contribution in [2.75, 3.05) is 0 Å². The number of rotatable bonds is 1. The lowest BCUT2D eigenvalue weighted by atomic mass is 9.74. The van der Waals surface area contributed by atoms with Crippen molar-refractivity contribution in [1.29, 1.82) is 0 Å². The average Bonchev–Trinajstić information content (AvgIpc) is 2.40. The number of hydrogen-bond acceptors (Lipinski definition) is 2. The van der Waals surface area contributed by atoms with Gasteiger partial charge in [0.2, 0.25) is 0 Å². The SMILES string of the molecule is C=C1CC[C@@H](C(C)(C)O)C[C@]2(O)[C@H](C)CC[C@H]12. The number of hydrogen-bond donors (Lipinski definition) is 2. The van der Waals surface area contributed by atoms with E-state index in [1.807, 2.05) is 13.8 Å². The smallest absolute Gasteiger partial charge is 0.0741 e. The first-order chi connectivity index (χ1) is 7.75. The Bertz CT molecular complexity index is 315. The first-order valence-corrected chi connectivity index (χ1v) is 6.87. The summed E-state index contributed by atoms with van der Waals surface area (Å²) in [5.74, 6) is 0.756. The van der Waals surface area contributed by atoms with Gasteiger partial charge in [-0.2, -0.15) is 0 Å². The Kier molecular flexibility index (Phi) is 3.16. The fraction of sp³-hybridized carbons (Fsp3) is 0.867. The molecule has 0 amide bonds. The second-order valence-electron chi connectivity index (χ2n) is 6.77. The van der Waals surface area contributed by atoms with Gasteiger partial charge >= 0.3 is 0 Å². The second kappa shape index (κ2) is 4.10. The molecule has 0 aliphatic heterocycles. The van der Waals surface area contributed by atoms with Crippen molar-refractivity contribution in [1.82, 2.24) is 0 Å². The van der Waals surface area contributed by atoms with Gasteiger partial charge in [0.05, 0.1) is 11.2 Å². The van der Waals surface area contributed by atoms with E-state index in [9.17, 15) is 10.2 Å². The van der Waals surface area contributed by atoms with Gasteiger partial charge < -0.3 is 10.2 Å². The van der Waals surface area contributed by atoms with Crippen LogP contribution in [0.3, 0.4) is 0 Å². The van der Waals surface area contributed by atoms with E-state index < -0.39 is 11.2 Å². The van der Waals surface area contributed by atoms with Crippen LogP contribution in [0, 0.1) is 17.8 Å². The van der Waals surface area contributed by atoms with Gasteiger partial charge in [-0.3, -0.25) is 0 Å². The van der Waals surface area contributed by atoms with Crippen molar-refractivity contribution in [3.05, 3.63) is 12.2 Å². The Balaban J connectivity index is 2.29. The minimum absolute atomic E-state index is 0.176. The Morgan fingerprint density at radius 2 is 1.94 bits per heavy atom. The summed E-state index contributed by atoms with van der Waals surface area (Å²) in [5, 5.41) is 21.2. The number of fused-ring (bicyclic) bond motifs is 1. The molecule has 2 saturated carbocycles. The molecule has 0 radical (unpaired) electrons. The lowest BCUT2D eigenvalue weighted by Gasteiger charge is -2.38. The fourth-order valence-electron chi connectivity index (χ4n) is 3.79. The average molecular weight is 238 g/mol. The van der Waals surface area contributed by atoms with Crippen LogP contribution in [0.25, 0.3) is 0 Å². The summed E-state index contributed by atoms with van der Waals surface area (Å²) in [4.78, 5) is 0. The molecule has 0 aromatic heterocycles. The highest BCUT2D eigenvalue weighted by molar-refractivity contribution is 5.16. The lowest BCUT2D eigenvalue weighted by Crippen LogP contribution is -2.43. The van der Waals surface area contributed by atoms with Gasteiger partial charge in [-0.15, -0.1) is 0 Å². The minimum atomic E-state index is -0.701. The molecule has 0 unspecified atom stereocenters. The van der Waals surface area contributed by atoms with Gasteiger partial charge in [-0.05, 0) is 57.8 Å². The molecule has 0 spiro atoms. The second-order valence-corrected chi connectivity index (χ2v) is 6.77. The van der Waals surface area contributed by atoms with Crippen LogP contribution >= 0.6 is 0 Å². The largest absolute Gasteiger partial charge is 0.390 e. The molecule has 0 aromatic rings. The van der Waals surface area contributed by atoms with Crippen molar-refractivity contribution >= 4 is 0 Å². The zero-order valence-corrected chi connectivity index (χ0v) is 11.4. The molecule has 2 heteroatoms. The summed E-state index contributed by atoms with van der Waals surface area (Å²) < 4.78 is 0. The molecule has 0 aromatic carbocycles. The third kappa shape index (κ3) is 2.17. The summed E-state index contributed by atoms with van der Waals surface area (Å²) in [6, 6.07) is 0. The van der Waals surface area contributed by atoms with Gasteiger partial charge in [0.1, 0.15) is 0 Å². The van der Waals surface area contributed by atoms with Gasteiger partial charge in [0.15, 0.2) is 0 Å². The topological polar surface area (TPSA) is 40.5 Å². The monoisotopic (exact) mass is 238 g/mol. The van der Waals surface area contributed by atoms with E-state index in [1.165, 1.54) is 5.57 Å². The van der Waals surface area contributed by atoms with Gasteiger partial charge in [0, 0.05) is 5.92 Å². The van der Waals surface area contributed by atoms with Crippen molar-refractivity contribution in [3.63, 3.8) is 0 Å². The number of aliphatic hydroxyl groups is 2. The first-order valence-electron chi connectivity index (χ1n) is 6.87. The van der Waals surface area contributed by atoms with Crippen molar-refractivity contribution in [2.45, 2.75) is 64.1 Å². The Morgan fingerprint density at radius 1 is 1.29 bits per heavy atom. The van der Waals surface area contributed by atoms with Gasteiger partial charge in [-0.1, -0.05) is 19.1 Å². The molecule has 0 bridgehead atoms. The molecule has 17 heavy (non-hydrogen) atoms. The summed E-state index contributed by atoms with van der Waals surface area (Å²) in [6.07, 6.45) is 4.78. The van der Waals surface area contributed by atoms with Crippen LogP contribution in [-0.4, -0.2) is 21.4 Å². The van der Waals surface area contributed by atoms with Crippen LogP contribution in [0.5, 0.6) is 0 Å². The van der Waals surface area contributed by atoms with E-state index in [0.29, 0.717) is 5.92 Å². The molecule has 0 heterocycles. The van der Waals surface area contributed by atoms with Crippen molar-refractivity contribution in [2.24, 2.45) is 17.8 Å².